The molecule has 8 heteroatoms. The third-order valence-electron chi connectivity index (χ3n) is 3.27. The number of oxime groups is 1. The molecule has 0 spiro atoms. The van der Waals surface area contributed by atoms with Crippen LogP contribution in [0.3, 0.4) is 0 Å². The number of piperidine rings is 1. The van der Waals surface area contributed by atoms with Gasteiger partial charge in [0.1, 0.15) is 12.7 Å². The van der Waals surface area contributed by atoms with Crippen LogP contribution in [0.15, 0.2) is 5.16 Å². The lowest BCUT2D eigenvalue weighted by Crippen LogP contribution is -2.28. The first-order chi connectivity index (χ1) is 9.49. The number of carbonyl (C=O) groups is 2. The Morgan fingerprint density at radius 1 is 1.40 bits per heavy atom. The Labute approximate surface area is 116 Å². The van der Waals surface area contributed by atoms with Crippen LogP contribution < -0.4 is 0 Å². The molecule has 0 aromatic heterocycles. The topological polar surface area (TPSA) is 123 Å². The summed E-state index contributed by atoms with van der Waals surface area (Å²) in [7, 11) is 0. The summed E-state index contributed by atoms with van der Waals surface area (Å²) in [6, 6.07) is 2.16. The van der Waals surface area contributed by atoms with Gasteiger partial charge in [0.05, 0.1) is 0 Å². The molecule has 20 heavy (non-hydrogen) atoms. The lowest BCUT2D eigenvalue weighted by Gasteiger charge is -2.19. The van der Waals surface area contributed by atoms with Gasteiger partial charge in [-0.2, -0.15) is 5.26 Å². The third-order valence-corrected chi connectivity index (χ3v) is 3.27. The number of nitriles is 1. The van der Waals surface area contributed by atoms with E-state index in [0.717, 1.165) is 13.1 Å². The van der Waals surface area contributed by atoms with Crippen molar-refractivity contribution in [1.29, 1.82) is 5.26 Å². The normalized spacial score (nSPS) is 27.2. The first kappa shape index (κ1) is 15.9. The van der Waals surface area contributed by atoms with Crippen LogP contribution in [0, 0.1) is 23.2 Å². The van der Waals surface area contributed by atoms with Crippen LogP contribution in [0.1, 0.15) is 13.3 Å². The summed E-state index contributed by atoms with van der Waals surface area (Å²) in [5.41, 5.74) is 0.582. The Morgan fingerprint density at radius 3 is 2.40 bits per heavy atom. The molecule has 2 aliphatic heterocycles. The summed E-state index contributed by atoms with van der Waals surface area (Å²) in [5.74, 6) is -2.70. The van der Waals surface area contributed by atoms with Gasteiger partial charge in [0.15, 0.2) is 5.71 Å². The molecular weight excluding hydrogens is 266 g/mol. The van der Waals surface area contributed by atoms with Gasteiger partial charge in [-0.1, -0.05) is 5.16 Å². The highest BCUT2D eigenvalue weighted by atomic mass is 16.6. The number of carboxylic acids is 2. The van der Waals surface area contributed by atoms with Gasteiger partial charge in [0.2, 0.25) is 0 Å². The van der Waals surface area contributed by atoms with Crippen molar-refractivity contribution in [3.8, 4) is 6.07 Å². The highest BCUT2D eigenvalue weighted by molar-refractivity contribution is 6.27. The SMILES string of the molecule is CCON=C(C#N)C1CN2CCC1C2.O=C(O)C(=O)O. The molecule has 0 radical (unpaired) electrons. The molecule has 2 saturated heterocycles. The standard InChI is InChI=1S/C10H15N3O.C2H2O4/c1-2-14-12-10(5-11)9-7-13-4-3-8(9)6-13;3-1(4)2(5)6/h8-9H,2-4,6-7H2,1H3;(H,3,4)(H,5,6). The van der Waals surface area contributed by atoms with Crippen molar-refractivity contribution in [2.24, 2.45) is 17.0 Å². The lowest BCUT2D eigenvalue weighted by molar-refractivity contribution is -0.159. The minimum atomic E-state index is -1.82. The van der Waals surface area contributed by atoms with Gasteiger partial charge in [-0.05, 0) is 25.8 Å². The van der Waals surface area contributed by atoms with E-state index in [0.29, 0.717) is 24.2 Å². The van der Waals surface area contributed by atoms with Gasteiger partial charge >= 0.3 is 11.9 Å². The second-order valence-corrected chi connectivity index (χ2v) is 4.53. The maximum atomic E-state index is 9.10. The van der Waals surface area contributed by atoms with E-state index >= 15 is 0 Å². The molecular formula is C12H17N3O5. The molecule has 0 aliphatic carbocycles. The Kier molecular flexibility index (Phi) is 5.93. The summed E-state index contributed by atoms with van der Waals surface area (Å²) < 4.78 is 0. The zero-order chi connectivity index (χ0) is 15.1. The fourth-order valence-corrected chi connectivity index (χ4v) is 2.40. The van der Waals surface area contributed by atoms with E-state index in [9.17, 15) is 0 Å². The molecule has 0 saturated carbocycles. The minimum absolute atomic E-state index is 0.320. The number of hydrogen-bond acceptors (Lipinski definition) is 6. The molecule has 3 unspecified atom stereocenters. The molecule has 0 amide bonds. The number of nitrogens with zero attached hydrogens (tertiary/aromatic N) is 3. The number of carboxylic acid groups (broad SMARTS) is 2. The summed E-state index contributed by atoms with van der Waals surface area (Å²) in [6.07, 6.45) is 1.21. The monoisotopic (exact) mass is 283 g/mol. The highest BCUT2D eigenvalue weighted by Gasteiger charge is 2.41. The van der Waals surface area contributed by atoms with Gasteiger partial charge in [0.25, 0.3) is 0 Å². The Bertz CT molecular complexity index is 431. The van der Waals surface area contributed by atoms with Crippen molar-refractivity contribution in [2.45, 2.75) is 13.3 Å². The number of aliphatic carboxylic acids is 2. The van der Waals surface area contributed by atoms with Crippen LogP contribution in [0.4, 0.5) is 0 Å². The predicted molar refractivity (Wildman–Crippen MR) is 68.0 cm³/mol. The van der Waals surface area contributed by atoms with E-state index in [1.165, 1.54) is 13.0 Å². The van der Waals surface area contributed by atoms with Crippen LogP contribution in [-0.2, 0) is 14.4 Å². The maximum absolute atomic E-state index is 9.10. The smallest absolute Gasteiger partial charge is 0.414 e. The molecule has 2 N–H and O–H groups in total. The van der Waals surface area contributed by atoms with Crippen LogP contribution in [-0.4, -0.2) is 59.0 Å². The molecule has 2 bridgehead atoms. The van der Waals surface area contributed by atoms with Crippen molar-refractivity contribution in [3.63, 3.8) is 0 Å². The zero-order valence-electron chi connectivity index (χ0n) is 11.2. The zero-order valence-corrected chi connectivity index (χ0v) is 11.2. The van der Waals surface area contributed by atoms with E-state index in [-0.39, 0.29) is 0 Å². The summed E-state index contributed by atoms with van der Waals surface area (Å²) in [4.78, 5) is 25.5. The average molecular weight is 283 g/mol. The second-order valence-electron chi connectivity index (χ2n) is 4.53. The lowest BCUT2D eigenvalue weighted by atomic mass is 9.89. The van der Waals surface area contributed by atoms with E-state index < -0.39 is 11.9 Å². The van der Waals surface area contributed by atoms with Crippen molar-refractivity contribution in [2.75, 3.05) is 26.2 Å². The third kappa shape index (κ3) is 4.20. The molecule has 3 atom stereocenters. The van der Waals surface area contributed by atoms with E-state index in [1.54, 1.807) is 0 Å². The van der Waals surface area contributed by atoms with Gasteiger partial charge in [-0.25, -0.2) is 9.59 Å². The molecule has 8 nitrogen and oxygen atoms in total. The van der Waals surface area contributed by atoms with E-state index in [4.69, 9.17) is 29.9 Å². The minimum Gasteiger partial charge on any atom is -0.473 e. The second kappa shape index (κ2) is 7.45. The number of fused-ring (bicyclic) bond motifs is 2. The van der Waals surface area contributed by atoms with Crippen LogP contribution in [0.25, 0.3) is 0 Å². The summed E-state index contributed by atoms with van der Waals surface area (Å²) in [6.45, 7) is 5.73. The van der Waals surface area contributed by atoms with Gasteiger partial charge in [0, 0.05) is 19.0 Å². The largest absolute Gasteiger partial charge is 0.473 e. The van der Waals surface area contributed by atoms with Gasteiger partial charge < -0.3 is 20.0 Å². The van der Waals surface area contributed by atoms with Crippen molar-refractivity contribution < 1.29 is 24.6 Å². The molecule has 2 fully saturated rings. The highest BCUT2D eigenvalue weighted by Crippen LogP contribution is 2.33. The maximum Gasteiger partial charge on any atom is 0.414 e. The molecule has 2 aliphatic rings. The summed E-state index contributed by atoms with van der Waals surface area (Å²) >= 11 is 0. The van der Waals surface area contributed by atoms with Gasteiger partial charge in [-0.3, -0.25) is 0 Å². The molecule has 0 aromatic carbocycles. The Balaban J connectivity index is 0.000000286. The van der Waals surface area contributed by atoms with Crippen molar-refractivity contribution in [3.05, 3.63) is 0 Å². The van der Waals surface area contributed by atoms with Gasteiger partial charge in [-0.15, -0.1) is 0 Å². The summed E-state index contributed by atoms with van der Waals surface area (Å²) in [5, 5.41) is 27.6. The first-order valence-corrected chi connectivity index (χ1v) is 6.28. The van der Waals surface area contributed by atoms with Crippen LogP contribution in [0.5, 0.6) is 0 Å². The van der Waals surface area contributed by atoms with E-state index in [1.807, 2.05) is 6.92 Å². The fraction of sp³-hybridized carbons (Fsp3) is 0.667. The molecule has 110 valence electrons. The quantitative estimate of drug-likeness (QED) is 0.425. The predicted octanol–water partition coefficient (Wildman–Crippen LogP) is 0.00978. The average Bonchev–Trinajstić information content (AvgIpc) is 3.03. The Morgan fingerprint density at radius 2 is 2.05 bits per heavy atom. The molecule has 2 heterocycles. The van der Waals surface area contributed by atoms with Crippen LogP contribution >= 0.6 is 0 Å². The fourth-order valence-electron chi connectivity index (χ4n) is 2.40. The number of rotatable bonds is 3. The molecule has 2 rings (SSSR count). The van der Waals surface area contributed by atoms with Crippen molar-refractivity contribution in [1.82, 2.24) is 4.90 Å². The molecule has 0 aromatic rings. The Hall–Kier alpha value is -2.14. The first-order valence-electron chi connectivity index (χ1n) is 6.28. The number of hydrogen-bond donors (Lipinski definition) is 2. The van der Waals surface area contributed by atoms with E-state index in [2.05, 4.69) is 16.1 Å². The van der Waals surface area contributed by atoms with Crippen LogP contribution in [0.2, 0.25) is 0 Å². The van der Waals surface area contributed by atoms with Crippen molar-refractivity contribution >= 4 is 17.7 Å².